The van der Waals surface area contributed by atoms with Crippen LogP contribution in [-0.4, -0.2) is 54.4 Å². The van der Waals surface area contributed by atoms with Crippen LogP contribution in [0.1, 0.15) is 108 Å². The highest BCUT2D eigenvalue weighted by Gasteiger charge is 2.08. The van der Waals surface area contributed by atoms with Crippen molar-refractivity contribution in [3.05, 3.63) is 419 Å². The Bertz CT molecular complexity index is 5420. The van der Waals surface area contributed by atoms with Gasteiger partial charge in [0.25, 0.3) is 0 Å². The molecule has 0 bridgehead atoms. The molecule has 9 aromatic heterocycles. The van der Waals surface area contributed by atoms with Crippen molar-refractivity contribution in [3.63, 3.8) is 0 Å². The molecule has 0 unspecified atom stereocenters. The molecule has 602 valence electrons. The second-order valence-electron chi connectivity index (χ2n) is 24.1. The van der Waals surface area contributed by atoms with Crippen LogP contribution in [0.4, 0.5) is 0 Å². The molecule has 0 aliphatic carbocycles. The van der Waals surface area contributed by atoms with E-state index < -0.39 is 0 Å². The maximum Gasteiger partial charge on any atom is 0.178 e. The first-order chi connectivity index (χ1) is 59.0. The van der Waals surface area contributed by atoms with Crippen LogP contribution >= 0.6 is 0 Å². The minimum atomic E-state index is 0.699. The lowest BCUT2D eigenvalue weighted by molar-refractivity contribution is 1.00. The highest BCUT2D eigenvalue weighted by molar-refractivity contribution is 6.07. The third-order valence-electron chi connectivity index (χ3n) is 16.9. The van der Waals surface area contributed by atoms with Gasteiger partial charge < -0.3 is 0 Å². The number of aromatic nitrogens is 11. The molecule has 119 heavy (non-hydrogen) atoms. The van der Waals surface area contributed by atoms with E-state index in [0.717, 1.165) is 71.9 Å². The Labute approximate surface area is 705 Å². The zero-order chi connectivity index (χ0) is 85.5. The summed E-state index contributed by atoms with van der Waals surface area (Å²) in [6.45, 7) is 32.1. The lowest BCUT2D eigenvalue weighted by Crippen LogP contribution is -1.95. The summed E-state index contributed by atoms with van der Waals surface area (Å²) in [7, 11) is 0. The molecule has 0 saturated heterocycles. The Morgan fingerprint density at radius 1 is 0.193 bits per heavy atom. The van der Waals surface area contributed by atoms with E-state index in [0.29, 0.717) is 5.65 Å². The number of aryl methyl sites for hydroxylation is 2. The van der Waals surface area contributed by atoms with Gasteiger partial charge in [0, 0.05) is 77.6 Å². The van der Waals surface area contributed by atoms with Crippen molar-refractivity contribution in [1.82, 2.24) is 54.4 Å². The van der Waals surface area contributed by atoms with E-state index in [1.54, 1.807) is 55.8 Å². The summed E-state index contributed by atoms with van der Waals surface area (Å²) in [6.07, 6.45) is 15.6. The maximum absolute atomic E-state index is 4.55. The van der Waals surface area contributed by atoms with Gasteiger partial charge in [-0.05, 0) is 177 Å². The van der Waals surface area contributed by atoms with Crippen molar-refractivity contribution in [2.45, 2.75) is 111 Å². The third kappa shape index (κ3) is 29.0. The Hall–Kier alpha value is -14.2. The quantitative estimate of drug-likeness (QED) is 0.115. The van der Waals surface area contributed by atoms with Crippen LogP contribution < -0.4 is 0 Å². The maximum atomic E-state index is 4.55. The van der Waals surface area contributed by atoms with Crippen LogP contribution in [0.15, 0.2) is 408 Å². The molecule has 0 fully saturated rings. The number of hydrogen-bond donors (Lipinski definition) is 0. The monoisotopic (exact) mass is 1570 g/mol. The molecule has 0 atom stereocenters. The standard InChI is InChI=1S/C14H12N2.2C14H10.C12H8N2.C10H8.2C8H6N2.C7H5N3.C7H8.7C2H6/c1-11-15-13-9-5-6-10-14(13)16(11)12-7-3-2-4-8-12;1-3-7-13-11(5-1)9-10-12-6-2-4-8-14(12)13;1-2-6-12-10-14-8-4-3-7-13(14)9-11(12)5-1;1-3-9-5-6-10-4-2-8-14-12(10)11(9)13-7-1;1-2-6-10-8-4-3-7-9(10)5-1;1-3-7-8(9-5-1)4-2-6-10-7;1-3-7-4-2-6-10-8(7)9-5-1;1-2-6-7(9-3-1)10-5-4-8-6;1-7-5-3-2-4-6-7;7*1-2/h2-10H,1H3;2*1-10H;1-8H;1-8H;2*1-6H;1-5H;2-6H,1H3;7*1-2H3. The van der Waals surface area contributed by atoms with E-state index in [-0.39, 0.29) is 0 Å². The van der Waals surface area contributed by atoms with Crippen LogP contribution in [0.2, 0.25) is 0 Å². The first-order valence-corrected chi connectivity index (χ1v) is 41.6. The van der Waals surface area contributed by atoms with Gasteiger partial charge in [0.15, 0.2) is 11.3 Å². The molecule has 0 radical (unpaired) electrons. The summed E-state index contributed by atoms with van der Waals surface area (Å²) in [4.78, 5) is 41.7. The summed E-state index contributed by atoms with van der Waals surface area (Å²) < 4.78 is 2.18. The lowest BCUT2D eigenvalue weighted by Gasteiger charge is -2.05. The number of para-hydroxylation sites is 3. The van der Waals surface area contributed by atoms with E-state index in [2.05, 4.69) is 286 Å². The molecular weight excluding hydrogens is 1450 g/mol. The van der Waals surface area contributed by atoms with Gasteiger partial charge >= 0.3 is 0 Å². The molecule has 21 rings (SSSR count). The summed E-state index contributed by atoms with van der Waals surface area (Å²) in [5, 5.41) is 16.5. The van der Waals surface area contributed by atoms with Crippen LogP contribution in [0.5, 0.6) is 0 Å². The Morgan fingerprint density at radius 3 is 0.891 bits per heavy atom. The van der Waals surface area contributed by atoms with E-state index >= 15 is 0 Å². The van der Waals surface area contributed by atoms with Gasteiger partial charge in [-0.1, -0.05) is 345 Å². The average Bonchev–Trinajstić information content (AvgIpc) is 0.849. The van der Waals surface area contributed by atoms with E-state index in [9.17, 15) is 0 Å². The molecule has 0 N–H and O–H groups in total. The Kier molecular flexibility index (Phi) is 43.6. The summed E-state index contributed by atoms with van der Waals surface area (Å²) in [5.74, 6) is 1.02. The predicted octanol–water partition coefficient (Wildman–Crippen LogP) is 30.4. The summed E-state index contributed by atoms with van der Waals surface area (Å²) in [5.41, 5.74) is 10.9. The minimum Gasteiger partial charge on any atom is -0.297 e. The number of fused-ring (bicyclic) bond motifs is 13. The number of benzene rings is 12. The molecule has 0 spiro atoms. The fraction of sp³-hybridized carbons (Fsp3) is 0.148. The zero-order valence-corrected chi connectivity index (χ0v) is 72.1. The zero-order valence-electron chi connectivity index (χ0n) is 72.1. The van der Waals surface area contributed by atoms with Gasteiger partial charge in [-0.2, -0.15) is 0 Å². The van der Waals surface area contributed by atoms with Crippen LogP contribution in [0, 0.1) is 13.8 Å². The number of nitrogens with zero attached hydrogens (tertiary/aromatic N) is 11. The summed E-state index contributed by atoms with van der Waals surface area (Å²) in [6, 6.07) is 120. The van der Waals surface area contributed by atoms with E-state index in [4.69, 9.17) is 0 Å². The smallest absolute Gasteiger partial charge is 0.178 e. The second kappa shape index (κ2) is 55.4. The fourth-order valence-corrected chi connectivity index (χ4v) is 11.9. The van der Waals surface area contributed by atoms with E-state index in [1.807, 2.05) is 231 Å². The van der Waals surface area contributed by atoms with Crippen molar-refractivity contribution in [1.29, 1.82) is 0 Å². The Balaban J connectivity index is 0.000000205. The molecule has 0 aliphatic rings. The lowest BCUT2D eigenvalue weighted by atomic mass is 10.0. The van der Waals surface area contributed by atoms with Crippen LogP contribution in [0.3, 0.4) is 0 Å². The van der Waals surface area contributed by atoms with Crippen molar-refractivity contribution in [2.24, 2.45) is 0 Å². The molecule has 12 aromatic carbocycles. The van der Waals surface area contributed by atoms with Gasteiger partial charge in [-0.25, -0.2) is 24.9 Å². The van der Waals surface area contributed by atoms with Gasteiger partial charge in [0.1, 0.15) is 11.3 Å². The second-order valence-corrected chi connectivity index (χ2v) is 24.1. The number of imidazole rings is 1. The fourth-order valence-electron chi connectivity index (χ4n) is 11.9. The molecule has 0 aliphatic heterocycles. The Morgan fingerprint density at radius 2 is 0.479 bits per heavy atom. The normalized spacial score (nSPS) is 9.51. The third-order valence-corrected chi connectivity index (χ3v) is 16.9. The van der Waals surface area contributed by atoms with E-state index in [1.165, 1.54) is 59.4 Å². The van der Waals surface area contributed by atoms with Crippen molar-refractivity contribution in [2.75, 3.05) is 0 Å². The van der Waals surface area contributed by atoms with Crippen molar-refractivity contribution in [3.8, 4) is 5.69 Å². The first kappa shape index (κ1) is 93.7. The van der Waals surface area contributed by atoms with Gasteiger partial charge in [-0.15, -0.1) is 0 Å². The van der Waals surface area contributed by atoms with Gasteiger partial charge in [-0.3, -0.25) is 29.5 Å². The van der Waals surface area contributed by atoms with Crippen LogP contribution in [0.25, 0.3) is 126 Å². The van der Waals surface area contributed by atoms with Gasteiger partial charge in [0.05, 0.1) is 33.1 Å². The minimum absolute atomic E-state index is 0.699. The molecule has 21 aromatic rings. The number of pyridine rings is 7. The largest absolute Gasteiger partial charge is 0.297 e. The highest BCUT2D eigenvalue weighted by Crippen LogP contribution is 2.27. The van der Waals surface area contributed by atoms with Crippen molar-refractivity contribution < 1.29 is 0 Å². The summed E-state index contributed by atoms with van der Waals surface area (Å²) >= 11 is 0. The number of rotatable bonds is 1. The van der Waals surface area contributed by atoms with Crippen LogP contribution in [-0.2, 0) is 0 Å². The molecular formula is C108H115N11. The molecule has 0 amide bonds. The molecule has 11 nitrogen and oxygen atoms in total. The topological polar surface area (TPSA) is 134 Å². The first-order valence-electron chi connectivity index (χ1n) is 41.6. The SMILES string of the molecule is CC.CC.CC.CC.CC.CC.CC.Cc1ccccc1.Cc1nc2ccccc2n1-c1ccccc1.c1ccc2c(c1)ccc1ccccc12.c1ccc2cc3ccccc3cc2c1.c1ccc2ccccc2c1.c1cnc2c(c1)ccc1cccnc12.c1cnc2cccnc2c1.c1cnc2ncccc2c1.c1cnc2nccnc2c1. The molecule has 11 heteroatoms. The number of hydrogen-bond acceptors (Lipinski definition) is 10. The highest BCUT2D eigenvalue weighted by atomic mass is 15.1. The molecule has 9 heterocycles. The predicted molar refractivity (Wildman–Crippen MR) is 517 cm³/mol. The van der Waals surface area contributed by atoms with Gasteiger partial charge in [0.2, 0.25) is 0 Å². The molecule has 0 saturated carbocycles. The van der Waals surface area contributed by atoms with Crippen molar-refractivity contribution >= 4 is 120 Å². The average molecular weight is 1570 g/mol.